The van der Waals surface area contributed by atoms with E-state index < -0.39 is 10.0 Å². The second-order valence-corrected chi connectivity index (χ2v) is 8.01. The standard InChI is InChI=1S/C17H27N3O3S/c1-4-19(5-2)24(22,23)16-11-14(9-8-13(16)3)17(21)20-10-6-7-15(20)12-18/h8-9,11,15H,4-7,10,12,18H2,1-3H3. The minimum atomic E-state index is -3.59. The van der Waals surface area contributed by atoms with Crippen LogP contribution in [0, 0.1) is 6.92 Å². The fourth-order valence-corrected chi connectivity index (χ4v) is 4.94. The Kier molecular flexibility index (Phi) is 6.01. The molecule has 0 radical (unpaired) electrons. The lowest BCUT2D eigenvalue weighted by molar-refractivity contribution is 0.0741. The van der Waals surface area contributed by atoms with Gasteiger partial charge in [0.25, 0.3) is 5.91 Å². The zero-order chi connectivity index (χ0) is 17.9. The molecular weight excluding hydrogens is 326 g/mol. The highest BCUT2D eigenvalue weighted by molar-refractivity contribution is 7.89. The summed E-state index contributed by atoms with van der Waals surface area (Å²) in [6.07, 6.45) is 1.84. The molecule has 0 aliphatic carbocycles. The number of likely N-dealkylation sites (tertiary alicyclic amines) is 1. The second kappa shape index (κ2) is 7.63. The molecule has 1 aromatic carbocycles. The van der Waals surface area contributed by atoms with E-state index in [1.165, 1.54) is 10.4 Å². The van der Waals surface area contributed by atoms with Gasteiger partial charge >= 0.3 is 0 Å². The van der Waals surface area contributed by atoms with Crippen molar-refractivity contribution in [2.24, 2.45) is 5.73 Å². The molecule has 1 unspecified atom stereocenters. The summed E-state index contributed by atoms with van der Waals surface area (Å²) in [5.41, 5.74) is 6.80. The molecule has 24 heavy (non-hydrogen) atoms. The lowest BCUT2D eigenvalue weighted by Gasteiger charge is -2.24. The summed E-state index contributed by atoms with van der Waals surface area (Å²) in [6.45, 7) is 7.27. The van der Waals surface area contributed by atoms with Gasteiger partial charge in [-0.25, -0.2) is 8.42 Å². The molecule has 1 amide bonds. The van der Waals surface area contributed by atoms with Crippen molar-refractivity contribution in [1.82, 2.24) is 9.21 Å². The Labute approximate surface area is 144 Å². The van der Waals surface area contributed by atoms with Gasteiger partial charge < -0.3 is 10.6 Å². The van der Waals surface area contributed by atoms with Crippen molar-refractivity contribution in [3.63, 3.8) is 0 Å². The quantitative estimate of drug-likeness (QED) is 0.842. The molecule has 1 aliphatic rings. The number of hydrogen-bond acceptors (Lipinski definition) is 4. The maximum Gasteiger partial charge on any atom is 0.254 e. The third-order valence-electron chi connectivity index (χ3n) is 4.67. The van der Waals surface area contributed by atoms with Crippen molar-refractivity contribution >= 4 is 15.9 Å². The highest BCUT2D eigenvalue weighted by Gasteiger charge is 2.30. The van der Waals surface area contributed by atoms with Crippen LogP contribution in [0.2, 0.25) is 0 Å². The Morgan fingerprint density at radius 2 is 2.00 bits per heavy atom. The molecule has 0 aromatic heterocycles. The number of aryl methyl sites for hydroxylation is 1. The number of carbonyl (C=O) groups excluding carboxylic acids is 1. The van der Waals surface area contributed by atoms with Gasteiger partial charge in [-0.3, -0.25) is 4.79 Å². The summed E-state index contributed by atoms with van der Waals surface area (Å²) in [7, 11) is -3.59. The van der Waals surface area contributed by atoms with Crippen LogP contribution in [0.4, 0.5) is 0 Å². The minimum Gasteiger partial charge on any atom is -0.334 e. The van der Waals surface area contributed by atoms with Crippen LogP contribution in [0.3, 0.4) is 0 Å². The number of carbonyl (C=O) groups is 1. The average Bonchev–Trinajstić information content (AvgIpc) is 3.04. The van der Waals surface area contributed by atoms with Gasteiger partial charge in [-0.15, -0.1) is 0 Å². The van der Waals surface area contributed by atoms with Gasteiger partial charge in [-0.05, 0) is 37.5 Å². The third-order valence-corrected chi connectivity index (χ3v) is 6.86. The number of sulfonamides is 1. The second-order valence-electron chi connectivity index (χ2n) is 6.10. The normalized spacial score (nSPS) is 18.4. The van der Waals surface area contributed by atoms with Crippen LogP contribution < -0.4 is 5.73 Å². The van der Waals surface area contributed by atoms with E-state index in [4.69, 9.17) is 5.73 Å². The van der Waals surface area contributed by atoms with Crippen LogP contribution >= 0.6 is 0 Å². The largest absolute Gasteiger partial charge is 0.334 e. The first-order chi connectivity index (χ1) is 11.4. The number of nitrogens with zero attached hydrogens (tertiary/aromatic N) is 2. The van der Waals surface area contributed by atoms with Crippen molar-refractivity contribution in [1.29, 1.82) is 0 Å². The van der Waals surface area contributed by atoms with Crippen LogP contribution in [0.25, 0.3) is 0 Å². The summed E-state index contributed by atoms with van der Waals surface area (Å²) in [5.74, 6) is -0.140. The molecule has 1 saturated heterocycles. The molecule has 0 bridgehead atoms. The van der Waals surface area contributed by atoms with Crippen molar-refractivity contribution < 1.29 is 13.2 Å². The van der Waals surface area contributed by atoms with E-state index in [2.05, 4.69) is 0 Å². The maximum absolute atomic E-state index is 12.8. The molecule has 1 heterocycles. The van der Waals surface area contributed by atoms with Gasteiger partial charge in [0.05, 0.1) is 4.90 Å². The zero-order valence-electron chi connectivity index (χ0n) is 14.7. The summed E-state index contributed by atoms with van der Waals surface area (Å²) in [4.78, 5) is 14.7. The van der Waals surface area contributed by atoms with Gasteiger partial charge in [0.15, 0.2) is 0 Å². The van der Waals surface area contributed by atoms with E-state index in [1.54, 1.807) is 24.0 Å². The first kappa shape index (κ1) is 18.9. The van der Waals surface area contributed by atoms with Crippen molar-refractivity contribution in [2.45, 2.75) is 44.6 Å². The summed E-state index contributed by atoms with van der Waals surface area (Å²) in [5, 5.41) is 0. The summed E-state index contributed by atoms with van der Waals surface area (Å²) in [6, 6.07) is 4.96. The van der Waals surface area contributed by atoms with Gasteiger partial charge in [-0.2, -0.15) is 4.31 Å². The monoisotopic (exact) mass is 353 g/mol. The van der Waals surface area contributed by atoms with Crippen LogP contribution in [0.15, 0.2) is 23.1 Å². The predicted molar refractivity (Wildman–Crippen MR) is 94.4 cm³/mol. The lowest BCUT2D eigenvalue weighted by Crippen LogP contribution is -2.40. The Morgan fingerprint density at radius 1 is 1.33 bits per heavy atom. The molecule has 1 aromatic rings. The van der Waals surface area contributed by atoms with Crippen molar-refractivity contribution in [2.75, 3.05) is 26.2 Å². The number of benzene rings is 1. The fraction of sp³-hybridized carbons (Fsp3) is 0.588. The Hall–Kier alpha value is -1.44. The van der Waals surface area contributed by atoms with E-state index in [-0.39, 0.29) is 16.8 Å². The molecule has 134 valence electrons. The van der Waals surface area contributed by atoms with Crippen LogP contribution in [-0.4, -0.2) is 55.8 Å². The molecule has 6 nitrogen and oxygen atoms in total. The minimum absolute atomic E-state index is 0.0432. The van der Waals surface area contributed by atoms with E-state index in [9.17, 15) is 13.2 Å². The summed E-state index contributed by atoms with van der Waals surface area (Å²) >= 11 is 0. The first-order valence-corrected chi connectivity index (χ1v) is 9.92. The predicted octanol–water partition coefficient (Wildman–Crippen LogP) is 1.59. The van der Waals surface area contributed by atoms with Crippen molar-refractivity contribution in [3.8, 4) is 0 Å². The van der Waals surface area contributed by atoms with Crippen LogP contribution in [0.1, 0.15) is 42.6 Å². The lowest BCUT2D eigenvalue weighted by atomic mass is 10.1. The van der Waals surface area contributed by atoms with Gasteiger partial charge in [0, 0.05) is 37.8 Å². The SMILES string of the molecule is CCN(CC)S(=O)(=O)c1cc(C(=O)N2CCCC2CN)ccc1C. The molecule has 1 atom stereocenters. The van der Waals surface area contributed by atoms with E-state index >= 15 is 0 Å². The molecule has 0 saturated carbocycles. The number of hydrogen-bond donors (Lipinski definition) is 1. The zero-order valence-corrected chi connectivity index (χ0v) is 15.5. The Balaban J connectivity index is 2.40. The maximum atomic E-state index is 12.8. The number of amides is 1. The van der Waals surface area contributed by atoms with Gasteiger partial charge in [0.2, 0.25) is 10.0 Å². The van der Waals surface area contributed by atoms with Gasteiger partial charge in [0.1, 0.15) is 0 Å². The van der Waals surface area contributed by atoms with Crippen LogP contribution in [-0.2, 0) is 10.0 Å². The molecule has 1 fully saturated rings. The average molecular weight is 353 g/mol. The highest BCUT2D eigenvalue weighted by atomic mass is 32.2. The first-order valence-electron chi connectivity index (χ1n) is 8.48. The molecular formula is C17H27N3O3S. The summed E-state index contributed by atoms with van der Waals surface area (Å²) < 4.78 is 27.0. The Bertz CT molecular complexity index is 699. The number of nitrogens with two attached hydrogens (primary N) is 1. The molecule has 2 N–H and O–H groups in total. The topological polar surface area (TPSA) is 83.7 Å². The van der Waals surface area contributed by atoms with E-state index in [0.717, 1.165) is 12.8 Å². The Morgan fingerprint density at radius 3 is 2.58 bits per heavy atom. The number of rotatable bonds is 6. The van der Waals surface area contributed by atoms with Gasteiger partial charge in [-0.1, -0.05) is 19.9 Å². The molecule has 2 rings (SSSR count). The molecule has 0 spiro atoms. The van der Waals surface area contributed by atoms with E-state index in [1.807, 2.05) is 13.8 Å². The molecule has 1 aliphatic heterocycles. The molecule has 7 heteroatoms. The van der Waals surface area contributed by atoms with Crippen molar-refractivity contribution in [3.05, 3.63) is 29.3 Å². The smallest absolute Gasteiger partial charge is 0.254 e. The fourth-order valence-electron chi connectivity index (χ4n) is 3.23. The third kappa shape index (κ3) is 3.48. The highest BCUT2D eigenvalue weighted by Crippen LogP contribution is 2.24. The van der Waals surface area contributed by atoms with E-state index in [0.29, 0.717) is 37.3 Å². The van der Waals surface area contributed by atoms with Crippen LogP contribution in [0.5, 0.6) is 0 Å².